The van der Waals surface area contributed by atoms with Crippen LogP contribution < -0.4 is 10.6 Å². The molecule has 0 aliphatic rings. The first-order chi connectivity index (χ1) is 10.9. The Morgan fingerprint density at radius 1 is 1.21 bits per heavy atom. The first-order valence-corrected chi connectivity index (χ1v) is 9.06. The maximum atomic E-state index is 12.7. The van der Waals surface area contributed by atoms with Crippen LogP contribution in [-0.4, -0.2) is 39.0 Å². The summed E-state index contributed by atoms with van der Waals surface area (Å²) in [7, 11) is -1.77. The highest BCUT2D eigenvalue weighted by atomic mass is 32.2. The summed E-state index contributed by atoms with van der Waals surface area (Å²) in [6.07, 6.45) is -3.25. The van der Waals surface area contributed by atoms with Crippen molar-refractivity contribution in [3.8, 4) is 0 Å². The van der Waals surface area contributed by atoms with Crippen LogP contribution in [0, 0.1) is 0 Å². The van der Waals surface area contributed by atoms with Gasteiger partial charge in [-0.15, -0.1) is 0 Å². The van der Waals surface area contributed by atoms with Crippen molar-refractivity contribution in [2.45, 2.75) is 31.3 Å². The van der Waals surface area contributed by atoms with E-state index in [-0.39, 0.29) is 13.1 Å². The number of alkyl halides is 3. The zero-order valence-corrected chi connectivity index (χ0v) is 14.8. The number of nitrogens with one attached hydrogen (secondary N) is 2. The van der Waals surface area contributed by atoms with Gasteiger partial charge in [-0.1, -0.05) is 12.1 Å². The van der Waals surface area contributed by atoms with E-state index >= 15 is 0 Å². The molecular weight excluding hydrogens is 343 g/mol. The summed E-state index contributed by atoms with van der Waals surface area (Å²) in [5.74, 6) is 0.309. The van der Waals surface area contributed by atoms with Crippen molar-refractivity contribution in [3.63, 3.8) is 0 Å². The molecule has 0 aliphatic carbocycles. The third kappa shape index (κ3) is 5.70. The van der Waals surface area contributed by atoms with Crippen LogP contribution in [0.15, 0.2) is 29.3 Å². The van der Waals surface area contributed by atoms with Crippen LogP contribution in [0.3, 0.4) is 0 Å². The van der Waals surface area contributed by atoms with Crippen LogP contribution >= 0.6 is 0 Å². The SMILES string of the molecule is CN=C(NCc1cccc(C(F)(F)F)c1)NCC(C)(C)S(C)(=O)=O. The molecule has 0 amide bonds. The van der Waals surface area contributed by atoms with Crippen molar-refractivity contribution in [3.05, 3.63) is 35.4 Å². The molecule has 0 saturated carbocycles. The van der Waals surface area contributed by atoms with E-state index in [0.29, 0.717) is 11.5 Å². The molecule has 0 spiro atoms. The van der Waals surface area contributed by atoms with Gasteiger partial charge in [0.1, 0.15) is 0 Å². The lowest BCUT2D eigenvalue weighted by Gasteiger charge is -2.24. The third-order valence-electron chi connectivity index (χ3n) is 3.62. The average Bonchev–Trinajstić information content (AvgIpc) is 2.45. The Labute approximate surface area is 140 Å². The van der Waals surface area contributed by atoms with Gasteiger partial charge in [-0.05, 0) is 31.5 Å². The van der Waals surface area contributed by atoms with Crippen molar-refractivity contribution in [1.29, 1.82) is 0 Å². The molecule has 0 saturated heterocycles. The molecule has 1 rings (SSSR count). The van der Waals surface area contributed by atoms with Crippen LogP contribution in [0.1, 0.15) is 25.0 Å². The van der Waals surface area contributed by atoms with E-state index in [4.69, 9.17) is 0 Å². The van der Waals surface area contributed by atoms with E-state index < -0.39 is 26.3 Å². The topological polar surface area (TPSA) is 70.6 Å². The predicted octanol–water partition coefficient (Wildman–Crippen LogP) is 2.19. The quantitative estimate of drug-likeness (QED) is 0.620. The van der Waals surface area contributed by atoms with Gasteiger partial charge < -0.3 is 10.6 Å². The molecule has 0 aromatic heterocycles. The van der Waals surface area contributed by atoms with Gasteiger partial charge in [0, 0.05) is 26.4 Å². The smallest absolute Gasteiger partial charge is 0.355 e. The Hall–Kier alpha value is -1.77. The molecule has 136 valence electrons. The monoisotopic (exact) mass is 365 g/mol. The fraction of sp³-hybridized carbons (Fsp3) is 0.533. The molecule has 0 atom stereocenters. The molecule has 9 heteroatoms. The molecule has 24 heavy (non-hydrogen) atoms. The largest absolute Gasteiger partial charge is 0.416 e. The van der Waals surface area contributed by atoms with Gasteiger partial charge in [0.2, 0.25) is 0 Å². The number of guanidine groups is 1. The molecule has 0 radical (unpaired) electrons. The molecule has 5 nitrogen and oxygen atoms in total. The van der Waals surface area contributed by atoms with Gasteiger partial charge in [-0.25, -0.2) is 8.42 Å². The minimum Gasteiger partial charge on any atom is -0.355 e. The summed E-state index contributed by atoms with van der Waals surface area (Å²) in [6, 6.07) is 4.96. The molecule has 1 aromatic carbocycles. The van der Waals surface area contributed by atoms with Gasteiger partial charge in [-0.3, -0.25) is 4.99 Å². The van der Waals surface area contributed by atoms with Crippen LogP contribution in [-0.2, 0) is 22.6 Å². The molecule has 1 aromatic rings. The molecule has 0 bridgehead atoms. The minimum atomic E-state index is -4.39. The first-order valence-electron chi connectivity index (χ1n) is 7.17. The lowest BCUT2D eigenvalue weighted by atomic mass is 10.1. The molecule has 0 fully saturated rings. The van der Waals surface area contributed by atoms with Crippen molar-refractivity contribution in [2.75, 3.05) is 19.8 Å². The van der Waals surface area contributed by atoms with Crippen molar-refractivity contribution in [2.24, 2.45) is 4.99 Å². The second-order valence-corrected chi connectivity index (χ2v) is 8.66. The van der Waals surface area contributed by atoms with Crippen molar-refractivity contribution >= 4 is 15.8 Å². The zero-order valence-electron chi connectivity index (χ0n) is 14.0. The maximum Gasteiger partial charge on any atom is 0.416 e. The summed E-state index contributed by atoms with van der Waals surface area (Å²) < 4.78 is 60.4. The summed E-state index contributed by atoms with van der Waals surface area (Å²) >= 11 is 0. The number of hydrogen-bond acceptors (Lipinski definition) is 3. The Bertz CT molecular complexity index is 698. The molecular formula is C15H22F3N3O2S. The van der Waals surface area contributed by atoms with E-state index in [2.05, 4.69) is 15.6 Å². The number of sulfone groups is 1. The highest BCUT2D eigenvalue weighted by Gasteiger charge is 2.31. The molecule has 2 N–H and O–H groups in total. The third-order valence-corrected chi connectivity index (χ3v) is 5.78. The lowest BCUT2D eigenvalue weighted by Crippen LogP contribution is -2.47. The standard InChI is InChI=1S/C15H22F3N3O2S/c1-14(2,24(4,22)23)10-21-13(19-3)20-9-11-6-5-7-12(8-11)15(16,17)18/h5-8H,9-10H2,1-4H3,(H2,19,20,21). The fourth-order valence-electron chi connectivity index (χ4n) is 1.69. The number of hydrogen-bond donors (Lipinski definition) is 2. The maximum absolute atomic E-state index is 12.7. The second-order valence-electron chi connectivity index (χ2n) is 6.01. The molecule has 0 unspecified atom stereocenters. The van der Waals surface area contributed by atoms with Gasteiger partial charge >= 0.3 is 6.18 Å². The van der Waals surface area contributed by atoms with Gasteiger partial charge in [0.15, 0.2) is 15.8 Å². The van der Waals surface area contributed by atoms with Crippen molar-refractivity contribution < 1.29 is 21.6 Å². The van der Waals surface area contributed by atoms with Gasteiger partial charge in [-0.2, -0.15) is 13.2 Å². The number of benzene rings is 1. The molecule has 0 heterocycles. The number of halogens is 3. The van der Waals surface area contributed by atoms with E-state index in [9.17, 15) is 21.6 Å². The predicted molar refractivity (Wildman–Crippen MR) is 88.6 cm³/mol. The zero-order chi connectivity index (χ0) is 18.6. The highest BCUT2D eigenvalue weighted by Crippen LogP contribution is 2.29. The first kappa shape index (κ1) is 20.3. The minimum absolute atomic E-state index is 0.119. The Kier molecular flexibility index (Phi) is 6.26. The van der Waals surface area contributed by atoms with E-state index in [1.54, 1.807) is 19.9 Å². The summed E-state index contributed by atoms with van der Waals surface area (Å²) in [5, 5.41) is 5.73. The van der Waals surface area contributed by atoms with E-state index in [0.717, 1.165) is 18.4 Å². The van der Waals surface area contributed by atoms with Crippen LogP contribution in [0.4, 0.5) is 13.2 Å². The second kappa shape index (κ2) is 7.42. The lowest BCUT2D eigenvalue weighted by molar-refractivity contribution is -0.137. The molecule has 0 aliphatic heterocycles. The van der Waals surface area contributed by atoms with Crippen LogP contribution in [0.2, 0.25) is 0 Å². The highest BCUT2D eigenvalue weighted by molar-refractivity contribution is 7.92. The van der Waals surface area contributed by atoms with Crippen LogP contribution in [0.25, 0.3) is 0 Å². The van der Waals surface area contributed by atoms with Crippen molar-refractivity contribution in [1.82, 2.24) is 10.6 Å². The van der Waals surface area contributed by atoms with E-state index in [1.807, 2.05) is 0 Å². The Balaban J connectivity index is 2.69. The summed E-state index contributed by atoms with van der Waals surface area (Å²) in [5.41, 5.74) is -0.280. The van der Waals surface area contributed by atoms with E-state index in [1.165, 1.54) is 13.1 Å². The number of aliphatic imine (C=N–C) groups is 1. The Morgan fingerprint density at radius 2 is 1.83 bits per heavy atom. The number of rotatable bonds is 5. The summed E-state index contributed by atoms with van der Waals surface area (Å²) in [4.78, 5) is 3.94. The Morgan fingerprint density at radius 3 is 2.33 bits per heavy atom. The van der Waals surface area contributed by atoms with Crippen LogP contribution in [0.5, 0.6) is 0 Å². The fourth-order valence-corrected chi connectivity index (χ4v) is 2.03. The average molecular weight is 365 g/mol. The number of nitrogens with zero attached hydrogens (tertiary/aromatic N) is 1. The normalized spacial score (nSPS) is 13.7. The summed E-state index contributed by atoms with van der Waals surface area (Å²) in [6.45, 7) is 3.40. The van der Waals surface area contributed by atoms with Gasteiger partial charge in [0.25, 0.3) is 0 Å². The van der Waals surface area contributed by atoms with Gasteiger partial charge in [0.05, 0.1) is 10.3 Å².